The highest BCUT2D eigenvalue weighted by Gasteiger charge is 2.59. The number of likely N-dealkylation sites (N-methyl/N-ethyl adjacent to an activating group) is 1. The standard InChI is InChI=1S/C22H24ClN3O4.C5H5N/c1-25(2)20(28)18-11-14(27)12-26(18)22(15-6-4-5-7-19(15)30-3)16-10-13(23)8-9-17(16)24-21(22)29;1-2-4-6-5-3-1/h4-10,14,18,27H,11-12H2,1-3H3,(H,24,29);1-5H/t14-,18+,22?;/m1./s1. The molecular formula is C27H29ClN4O4. The van der Waals surface area contributed by atoms with Crippen LogP contribution in [-0.4, -0.2) is 71.6 Å². The van der Waals surface area contributed by atoms with E-state index in [0.29, 0.717) is 27.6 Å². The van der Waals surface area contributed by atoms with Gasteiger partial charge in [-0.1, -0.05) is 35.9 Å². The Kier molecular flexibility index (Phi) is 7.59. The van der Waals surface area contributed by atoms with E-state index in [2.05, 4.69) is 10.3 Å². The highest BCUT2D eigenvalue weighted by molar-refractivity contribution is 6.31. The lowest BCUT2D eigenvalue weighted by Crippen LogP contribution is -2.57. The summed E-state index contributed by atoms with van der Waals surface area (Å²) in [5, 5.41) is 14.0. The summed E-state index contributed by atoms with van der Waals surface area (Å²) in [6, 6.07) is 17.5. The molecule has 0 bridgehead atoms. The van der Waals surface area contributed by atoms with E-state index in [-0.39, 0.29) is 24.8 Å². The zero-order chi connectivity index (χ0) is 25.9. The second kappa shape index (κ2) is 10.7. The summed E-state index contributed by atoms with van der Waals surface area (Å²) in [6.45, 7) is 0.154. The van der Waals surface area contributed by atoms with Crippen LogP contribution in [-0.2, 0) is 15.1 Å². The van der Waals surface area contributed by atoms with Crippen LogP contribution in [0, 0.1) is 0 Å². The van der Waals surface area contributed by atoms with Crippen molar-refractivity contribution >= 4 is 29.1 Å². The van der Waals surface area contributed by atoms with Crippen LogP contribution >= 0.6 is 11.6 Å². The maximum absolute atomic E-state index is 13.7. The molecule has 2 amide bonds. The third-order valence-electron chi connectivity index (χ3n) is 6.45. The fraction of sp³-hybridized carbons (Fsp3) is 0.296. The van der Waals surface area contributed by atoms with E-state index < -0.39 is 17.7 Å². The SMILES string of the molecule is COc1ccccc1C1(N2C[C@H](O)C[C@H]2C(=O)N(C)C)C(=O)Nc2ccc(Cl)cc21.c1ccncc1. The Hall–Kier alpha value is -3.46. The molecule has 8 nitrogen and oxygen atoms in total. The van der Waals surface area contributed by atoms with Crippen LogP contribution in [0.4, 0.5) is 5.69 Å². The number of hydrogen-bond donors (Lipinski definition) is 2. The zero-order valence-corrected chi connectivity index (χ0v) is 21.1. The molecule has 1 fully saturated rings. The summed E-state index contributed by atoms with van der Waals surface area (Å²) in [5.41, 5.74) is 0.472. The second-order valence-electron chi connectivity index (χ2n) is 8.87. The molecule has 3 aromatic rings. The Morgan fingerprint density at radius 1 is 1.14 bits per heavy atom. The third-order valence-corrected chi connectivity index (χ3v) is 6.68. The second-order valence-corrected chi connectivity index (χ2v) is 9.31. The first-order valence-corrected chi connectivity index (χ1v) is 11.9. The lowest BCUT2D eigenvalue weighted by atomic mass is 9.80. The van der Waals surface area contributed by atoms with Gasteiger partial charge in [0.15, 0.2) is 5.54 Å². The predicted octanol–water partition coefficient (Wildman–Crippen LogP) is 3.15. The molecule has 0 spiro atoms. The van der Waals surface area contributed by atoms with Crippen LogP contribution in [0.2, 0.25) is 5.02 Å². The molecule has 36 heavy (non-hydrogen) atoms. The van der Waals surface area contributed by atoms with Crippen molar-refractivity contribution < 1.29 is 19.4 Å². The van der Waals surface area contributed by atoms with Crippen molar-refractivity contribution in [3.8, 4) is 5.75 Å². The summed E-state index contributed by atoms with van der Waals surface area (Å²) in [5.74, 6) is 0.0249. The molecule has 2 aromatic carbocycles. The molecular weight excluding hydrogens is 480 g/mol. The van der Waals surface area contributed by atoms with Crippen molar-refractivity contribution in [3.05, 3.63) is 89.2 Å². The normalized spacial score (nSPS) is 22.8. The number of aliphatic hydroxyl groups excluding tert-OH is 1. The number of ether oxygens (including phenoxy) is 1. The number of methoxy groups -OCH3 is 1. The topological polar surface area (TPSA) is 95.0 Å². The van der Waals surface area contributed by atoms with E-state index in [1.807, 2.05) is 36.4 Å². The lowest BCUT2D eigenvalue weighted by Gasteiger charge is -2.41. The van der Waals surface area contributed by atoms with E-state index >= 15 is 0 Å². The van der Waals surface area contributed by atoms with Crippen LogP contribution in [0.5, 0.6) is 5.75 Å². The molecule has 5 rings (SSSR count). The summed E-state index contributed by atoms with van der Waals surface area (Å²) in [7, 11) is 4.88. The molecule has 1 saturated heterocycles. The molecule has 1 aromatic heterocycles. The van der Waals surface area contributed by atoms with Crippen molar-refractivity contribution in [2.75, 3.05) is 33.1 Å². The Balaban J connectivity index is 0.000000445. The molecule has 0 aliphatic carbocycles. The number of nitrogens with zero attached hydrogens (tertiary/aromatic N) is 3. The number of aliphatic hydroxyl groups is 1. The fourth-order valence-corrected chi connectivity index (χ4v) is 5.11. The number of para-hydroxylation sites is 1. The van der Waals surface area contributed by atoms with Gasteiger partial charge in [-0.25, -0.2) is 0 Å². The highest BCUT2D eigenvalue weighted by Crippen LogP contribution is 2.51. The summed E-state index contributed by atoms with van der Waals surface area (Å²) in [4.78, 5) is 33.8. The molecule has 2 N–H and O–H groups in total. The number of hydrogen-bond acceptors (Lipinski definition) is 6. The molecule has 3 atom stereocenters. The number of anilines is 1. The van der Waals surface area contributed by atoms with E-state index in [9.17, 15) is 14.7 Å². The highest BCUT2D eigenvalue weighted by atomic mass is 35.5. The Morgan fingerprint density at radius 3 is 2.47 bits per heavy atom. The molecule has 0 saturated carbocycles. The van der Waals surface area contributed by atoms with Crippen molar-refractivity contribution in [1.29, 1.82) is 0 Å². The van der Waals surface area contributed by atoms with Crippen LogP contribution in [0.3, 0.4) is 0 Å². The van der Waals surface area contributed by atoms with E-state index in [4.69, 9.17) is 16.3 Å². The number of likely N-dealkylation sites (tertiary alicyclic amines) is 1. The van der Waals surface area contributed by atoms with E-state index in [1.165, 1.54) is 4.90 Å². The zero-order valence-electron chi connectivity index (χ0n) is 20.4. The van der Waals surface area contributed by atoms with Crippen LogP contribution in [0.15, 0.2) is 73.1 Å². The van der Waals surface area contributed by atoms with Gasteiger partial charge in [-0.3, -0.25) is 19.5 Å². The van der Waals surface area contributed by atoms with Gasteiger partial charge in [0.1, 0.15) is 5.75 Å². The van der Waals surface area contributed by atoms with E-state index in [0.717, 1.165) is 0 Å². The van der Waals surface area contributed by atoms with Crippen LogP contribution in [0.25, 0.3) is 0 Å². The number of pyridine rings is 1. The number of nitrogens with one attached hydrogen (secondary N) is 1. The average molecular weight is 509 g/mol. The number of fused-ring (bicyclic) bond motifs is 1. The van der Waals surface area contributed by atoms with Gasteiger partial charge in [-0.2, -0.15) is 0 Å². The molecule has 0 radical (unpaired) electrons. The molecule has 2 aliphatic rings. The number of carbonyl (C=O) groups is 2. The van der Waals surface area contributed by atoms with Crippen LogP contribution < -0.4 is 10.1 Å². The van der Waals surface area contributed by atoms with Gasteiger partial charge in [-0.15, -0.1) is 0 Å². The first kappa shape index (κ1) is 25.6. The largest absolute Gasteiger partial charge is 0.496 e. The number of carbonyl (C=O) groups excluding carboxylic acids is 2. The fourth-order valence-electron chi connectivity index (χ4n) is 4.94. The Bertz CT molecular complexity index is 1210. The molecule has 2 aliphatic heterocycles. The quantitative estimate of drug-likeness (QED) is 0.562. The number of aromatic nitrogens is 1. The number of β-amino-alcohol motifs (C(OH)–C–C–N with tert-alkyl or cyclic N) is 1. The third kappa shape index (κ3) is 4.55. The van der Waals surface area contributed by atoms with Crippen molar-refractivity contribution in [3.63, 3.8) is 0 Å². The minimum atomic E-state index is -1.37. The summed E-state index contributed by atoms with van der Waals surface area (Å²) < 4.78 is 5.61. The van der Waals surface area contributed by atoms with Gasteiger partial charge in [0.25, 0.3) is 5.91 Å². The van der Waals surface area contributed by atoms with Gasteiger partial charge in [0, 0.05) is 54.9 Å². The minimum absolute atomic E-state index is 0.154. The first-order chi connectivity index (χ1) is 17.3. The van der Waals surface area contributed by atoms with Gasteiger partial charge >= 0.3 is 0 Å². The Labute approximate surface area is 215 Å². The smallest absolute Gasteiger partial charge is 0.254 e. The number of amides is 2. The maximum Gasteiger partial charge on any atom is 0.254 e. The maximum atomic E-state index is 13.7. The average Bonchev–Trinajstić information content (AvgIpc) is 3.41. The monoisotopic (exact) mass is 508 g/mol. The number of rotatable bonds is 4. The van der Waals surface area contributed by atoms with Gasteiger partial charge in [0.2, 0.25) is 5.91 Å². The number of benzene rings is 2. The van der Waals surface area contributed by atoms with Crippen LogP contribution in [0.1, 0.15) is 17.5 Å². The minimum Gasteiger partial charge on any atom is -0.496 e. The van der Waals surface area contributed by atoms with Crippen molar-refractivity contribution in [2.24, 2.45) is 0 Å². The van der Waals surface area contributed by atoms with Gasteiger partial charge in [-0.05, 0) is 42.8 Å². The molecule has 188 valence electrons. The molecule has 9 heteroatoms. The van der Waals surface area contributed by atoms with Gasteiger partial charge in [0.05, 0.1) is 19.3 Å². The first-order valence-electron chi connectivity index (χ1n) is 11.6. The van der Waals surface area contributed by atoms with Crippen molar-refractivity contribution in [1.82, 2.24) is 14.8 Å². The molecule has 1 unspecified atom stereocenters. The summed E-state index contributed by atoms with van der Waals surface area (Å²) in [6.07, 6.45) is 2.98. The van der Waals surface area contributed by atoms with Gasteiger partial charge < -0.3 is 20.1 Å². The van der Waals surface area contributed by atoms with Crippen molar-refractivity contribution in [2.45, 2.75) is 24.1 Å². The lowest BCUT2D eigenvalue weighted by molar-refractivity contribution is -0.138. The Morgan fingerprint density at radius 2 is 1.86 bits per heavy atom. The molecule has 3 heterocycles. The van der Waals surface area contributed by atoms with E-state index in [1.54, 1.807) is 62.8 Å². The number of halogens is 1. The predicted molar refractivity (Wildman–Crippen MR) is 138 cm³/mol. The summed E-state index contributed by atoms with van der Waals surface area (Å²) >= 11 is 6.33.